The molecule has 2 rings (SSSR count). The van der Waals surface area contributed by atoms with Crippen LogP contribution in [0.25, 0.3) is 0 Å². The summed E-state index contributed by atoms with van der Waals surface area (Å²) in [6, 6.07) is 5.68. The zero-order chi connectivity index (χ0) is 13.0. The number of benzene rings is 1. The van der Waals surface area contributed by atoms with Gasteiger partial charge in [-0.15, -0.1) is 0 Å². The Morgan fingerprint density at radius 2 is 2.22 bits per heavy atom. The van der Waals surface area contributed by atoms with Crippen molar-refractivity contribution in [2.45, 2.75) is 38.3 Å². The predicted molar refractivity (Wildman–Crippen MR) is 80.6 cm³/mol. The molecule has 100 valence electrons. The number of hydrogen-bond acceptors (Lipinski definition) is 1. The van der Waals surface area contributed by atoms with Crippen LogP contribution in [0.5, 0.6) is 0 Å². The number of alkyl halides is 1. The van der Waals surface area contributed by atoms with E-state index in [2.05, 4.69) is 36.8 Å². The second kappa shape index (κ2) is 7.01. The van der Waals surface area contributed by atoms with Gasteiger partial charge in [-0.3, -0.25) is 4.90 Å². The van der Waals surface area contributed by atoms with Gasteiger partial charge in [-0.05, 0) is 49.9 Å². The number of hydrogen-bond donors (Lipinski definition) is 0. The minimum absolute atomic E-state index is 0.178. The Morgan fingerprint density at radius 1 is 1.39 bits per heavy atom. The Labute approximate surface area is 125 Å². The molecule has 1 unspecified atom stereocenters. The molecule has 1 aliphatic rings. The fourth-order valence-corrected chi connectivity index (χ4v) is 3.41. The first-order chi connectivity index (χ1) is 8.70. The van der Waals surface area contributed by atoms with Crippen molar-refractivity contribution < 1.29 is 4.39 Å². The summed E-state index contributed by atoms with van der Waals surface area (Å²) in [6.07, 6.45) is 5.06. The fraction of sp³-hybridized carbons (Fsp3) is 0.571. The maximum Gasteiger partial charge on any atom is 0.124 e. The van der Waals surface area contributed by atoms with E-state index in [-0.39, 0.29) is 5.82 Å². The van der Waals surface area contributed by atoms with Crippen LogP contribution in [0.2, 0.25) is 0 Å². The van der Waals surface area contributed by atoms with E-state index in [1.807, 2.05) is 6.07 Å². The fourth-order valence-electron chi connectivity index (χ4n) is 2.61. The largest absolute Gasteiger partial charge is 0.296 e. The molecule has 0 aromatic heterocycles. The van der Waals surface area contributed by atoms with Gasteiger partial charge in [-0.25, -0.2) is 4.39 Å². The van der Waals surface area contributed by atoms with Crippen LogP contribution in [-0.4, -0.2) is 22.8 Å². The minimum Gasteiger partial charge on any atom is -0.296 e. The number of rotatable bonds is 5. The van der Waals surface area contributed by atoms with E-state index in [0.717, 1.165) is 22.9 Å². The number of halogens is 3. The van der Waals surface area contributed by atoms with Crippen molar-refractivity contribution in [3.63, 3.8) is 0 Å². The highest BCUT2D eigenvalue weighted by atomic mass is 79.9. The second-order valence-electron chi connectivity index (χ2n) is 4.83. The first-order valence-electron chi connectivity index (χ1n) is 6.44. The minimum atomic E-state index is -0.178. The van der Waals surface area contributed by atoms with Crippen LogP contribution in [0.3, 0.4) is 0 Å². The van der Waals surface area contributed by atoms with Gasteiger partial charge in [0.15, 0.2) is 0 Å². The van der Waals surface area contributed by atoms with Gasteiger partial charge >= 0.3 is 0 Å². The summed E-state index contributed by atoms with van der Waals surface area (Å²) >= 11 is 6.95. The molecule has 1 atom stereocenters. The second-order valence-corrected chi connectivity index (χ2v) is 6.48. The molecule has 0 saturated carbocycles. The van der Waals surface area contributed by atoms with Gasteiger partial charge in [0.25, 0.3) is 0 Å². The Kier molecular flexibility index (Phi) is 5.64. The third-order valence-electron chi connectivity index (χ3n) is 3.56. The average Bonchev–Trinajstić information content (AvgIpc) is 2.77. The Bertz CT molecular complexity index is 397. The highest BCUT2D eigenvalue weighted by Crippen LogP contribution is 2.26. The van der Waals surface area contributed by atoms with Crippen LogP contribution in [0.1, 0.15) is 31.2 Å². The summed E-state index contributed by atoms with van der Waals surface area (Å²) in [5, 5.41) is 1.08. The molecule has 0 radical (unpaired) electrons. The lowest BCUT2D eigenvalue weighted by molar-refractivity contribution is 0.233. The number of nitrogens with zero attached hydrogens (tertiary/aromatic N) is 1. The van der Waals surface area contributed by atoms with Gasteiger partial charge in [-0.1, -0.05) is 37.9 Å². The van der Waals surface area contributed by atoms with Crippen LogP contribution in [0, 0.1) is 5.82 Å². The van der Waals surface area contributed by atoms with Crippen LogP contribution in [0.4, 0.5) is 4.39 Å². The van der Waals surface area contributed by atoms with Crippen molar-refractivity contribution in [2.24, 2.45) is 0 Å². The summed E-state index contributed by atoms with van der Waals surface area (Å²) in [4.78, 5) is 2.53. The molecule has 0 amide bonds. The maximum absolute atomic E-state index is 13.1. The van der Waals surface area contributed by atoms with E-state index >= 15 is 0 Å². The van der Waals surface area contributed by atoms with E-state index in [1.54, 1.807) is 12.1 Å². The summed E-state index contributed by atoms with van der Waals surface area (Å²) in [5.74, 6) is -0.178. The summed E-state index contributed by atoms with van der Waals surface area (Å²) in [7, 11) is 0. The molecule has 0 N–H and O–H groups in total. The van der Waals surface area contributed by atoms with Crippen LogP contribution in [0.15, 0.2) is 22.7 Å². The van der Waals surface area contributed by atoms with Crippen LogP contribution >= 0.6 is 31.9 Å². The van der Waals surface area contributed by atoms with Gasteiger partial charge < -0.3 is 0 Å². The van der Waals surface area contributed by atoms with Gasteiger partial charge in [0, 0.05) is 22.4 Å². The molecule has 1 fully saturated rings. The maximum atomic E-state index is 13.1. The molecule has 4 heteroatoms. The molecule has 0 spiro atoms. The molecule has 1 aliphatic heterocycles. The summed E-state index contributed by atoms with van der Waals surface area (Å²) in [6.45, 7) is 2.09. The van der Waals surface area contributed by atoms with Crippen LogP contribution < -0.4 is 0 Å². The standard InChI is InChI=1S/C14H18Br2FN/c15-7-1-3-13-4-2-8-18(13)10-11-5-6-12(17)9-14(11)16/h5-6,9,13H,1-4,7-8,10H2. The summed E-state index contributed by atoms with van der Waals surface area (Å²) in [5.41, 5.74) is 1.18. The molecular weight excluding hydrogens is 361 g/mol. The van der Waals surface area contributed by atoms with Crippen molar-refractivity contribution in [3.8, 4) is 0 Å². The first kappa shape index (κ1) is 14.5. The molecule has 1 nitrogen and oxygen atoms in total. The van der Waals surface area contributed by atoms with Gasteiger partial charge in [0.2, 0.25) is 0 Å². The van der Waals surface area contributed by atoms with E-state index < -0.39 is 0 Å². The van der Waals surface area contributed by atoms with Gasteiger partial charge in [0.1, 0.15) is 5.82 Å². The highest BCUT2D eigenvalue weighted by molar-refractivity contribution is 9.10. The van der Waals surface area contributed by atoms with Crippen molar-refractivity contribution in [1.29, 1.82) is 0 Å². The molecule has 1 heterocycles. The third kappa shape index (κ3) is 3.78. The first-order valence-corrected chi connectivity index (χ1v) is 8.36. The van der Waals surface area contributed by atoms with E-state index in [9.17, 15) is 4.39 Å². The zero-order valence-electron chi connectivity index (χ0n) is 10.3. The average molecular weight is 379 g/mol. The smallest absolute Gasteiger partial charge is 0.124 e. The normalized spacial score (nSPS) is 20.5. The highest BCUT2D eigenvalue weighted by Gasteiger charge is 2.24. The molecule has 1 aromatic rings. The zero-order valence-corrected chi connectivity index (χ0v) is 13.5. The Hall–Kier alpha value is 0.0700. The van der Waals surface area contributed by atoms with E-state index in [4.69, 9.17) is 0 Å². The quantitative estimate of drug-likeness (QED) is 0.669. The van der Waals surface area contributed by atoms with Crippen LogP contribution in [-0.2, 0) is 6.54 Å². The van der Waals surface area contributed by atoms with Crippen molar-refractivity contribution >= 4 is 31.9 Å². The van der Waals surface area contributed by atoms with Crippen molar-refractivity contribution in [1.82, 2.24) is 4.90 Å². The third-order valence-corrected chi connectivity index (χ3v) is 4.86. The molecule has 1 saturated heterocycles. The molecular formula is C14H18Br2FN. The Morgan fingerprint density at radius 3 is 2.94 bits per heavy atom. The molecule has 18 heavy (non-hydrogen) atoms. The lowest BCUT2D eigenvalue weighted by atomic mass is 10.1. The molecule has 0 aliphatic carbocycles. The Balaban J connectivity index is 1.99. The predicted octanol–water partition coefficient (Wildman–Crippen LogP) is 4.73. The monoisotopic (exact) mass is 377 g/mol. The van der Waals surface area contributed by atoms with Crippen molar-refractivity contribution in [3.05, 3.63) is 34.1 Å². The summed E-state index contributed by atoms with van der Waals surface area (Å²) < 4.78 is 13.9. The lowest BCUT2D eigenvalue weighted by Gasteiger charge is -2.24. The van der Waals surface area contributed by atoms with Gasteiger partial charge in [0.05, 0.1) is 0 Å². The molecule has 0 bridgehead atoms. The molecule has 1 aromatic carbocycles. The topological polar surface area (TPSA) is 3.24 Å². The van der Waals surface area contributed by atoms with E-state index in [0.29, 0.717) is 6.04 Å². The van der Waals surface area contributed by atoms with E-state index in [1.165, 1.54) is 31.2 Å². The lowest BCUT2D eigenvalue weighted by Crippen LogP contribution is -2.29. The SMILES string of the molecule is Fc1ccc(CN2CCCC2CCCBr)c(Br)c1. The number of likely N-dealkylation sites (tertiary alicyclic amines) is 1. The van der Waals surface area contributed by atoms with Crippen molar-refractivity contribution in [2.75, 3.05) is 11.9 Å². The van der Waals surface area contributed by atoms with Gasteiger partial charge in [-0.2, -0.15) is 0 Å².